The Labute approximate surface area is 91.9 Å². The largest absolute Gasteiger partial charge is 0.224 e. The molecule has 0 bridgehead atoms. The molecule has 1 fully saturated rings. The lowest BCUT2D eigenvalue weighted by Gasteiger charge is -1.99. The molecule has 2 heterocycles. The lowest BCUT2D eigenvalue weighted by molar-refractivity contribution is 0.808. The van der Waals surface area contributed by atoms with Crippen molar-refractivity contribution in [3.8, 4) is 5.82 Å². The average molecular weight is 221 g/mol. The van der Waals surface area contributed by atoms with Gasteiger partial charge in [-0.1, -0.05) is 11.6 Å². The average Bonchev–Trinajstić information content (AvgIpc) is 2.97. The van der Waals surface area contributed by atoms with Crippen LogP contribution in [0.5, 0.6) is 0 Å². The number of hydrogen-bond acceptors (Lipinski definition) is 3. The van der Waals surface area contributed by atoms with Crippen LogP contribution in [-0.2, 0) is 0 Å². The molecule has 0 spiro atoms. The molecule has 0 N–H and O–H groups in total. The van der Waals surface area contributed by atoms with Crippen LogP contribution < -0.4 is 0 Å². The zero-order valence-corrected chi connectivity index (χ0v) is 8.72. The Balaban J connectivity index is 1.97. The maximum atomic E-state index is 5.78. The predicted molar refractivity (Wildman–Crippen MR) is 56.1 cm³/mol. The van der Waals surface area contributed by atoms with Gasteiger partial charge >= 0.3 is 0 Å². The van der Waals surface area contributed by atoms with Crippen LogP contribution in [0.3, 0.4) is 0 Å². The van der Waals surface area contributed by atoms with Gasteiger partial charge in [0.15, 0.2) is 5.82 Å². The van der Waals surface area contributed by atoms with Crippen molar-refractivity contribution >= 4 is 11.6 Å². The van der Waals surface area contributed by atoms with E-state index in [2.05, 4.69) is 15.1 Å². The Morgan fingerprint density at radius 3 is 2.93 bits per heavy atom. The lowest BCUT2D eigenvalue weighted by Crippen LogP contribution is -1.99. The summed E-state index contributed by atoms with van der Waals surface area (Å²) in [7, 11) is 0. The van der Waals surface area contributed by atoms with Gasteiger partial charge in [-0.05, 0) is 18.9 Å². The van der Waals surface area contributed by atoms with E-state index in [1.165, 1.54) is 19.2 Å². The molecular weight excluding hydrogens is 212 g/mol. The van der Waals surface area contributed by atoms with Gasteiger partial charge in [-0.25, -0.2) is 14.6 Å². The molecule has 1 aliphatic rings. The van der Waals surface area contributed by atoms with Gasteiger partial charge in [-0.2, -0.15) is 5.10 Å². The fourth-order valence-electron chi connectivity index (χ4n) is 1.51. The van der Waals surface area contributed by atoms with E-state index >= 15 is 0 Å². The first-order chi connectivity index (χ1) is 7.33. The van der Waals surface area contributed by atoms with Gasteiger partial charge < -0.3 is 0 Å². The highest BCUT2D eigenvalue weighted by molar-refractivity contribution is 6.29. The van der Waals surface area contributed by atoms with Gasteiger partial charge in [0.1, 0.15) is 11.5 Å². The maximum absolute atomic E-state index is 5.78. The molecule has 4 nitrogen and oxygen atoms in total. The summed E-state index contributed by atoms with van der Waals surface area (Å²) in [6.45, 7) is 0. The monoisotopic (exact) mass is 220 g/mol. The summed E-state index contributed by atoms with van der Waals surface area (Å²) in [5, 5.41) is 4.89. The van der Waals surface area contributed by atoms with Crippen molar-refractivity contribution in [2.45, 2.75) is 18.8 Å². The van der Waals surface area contributed by atoms with Crippen LogP contribution in [0.15, 0.2) is 24.7 Å². The van der Waals surface area contributed by atoms with Gasteiger partial charge in [-0.15, -0.1) is 0 Å². The molecule has 0 saturated heterocycles. The maximum Gasteiger partial charge on any atom is 0.158 e. The standard InChI is InChI=1S/C10H9ClN4/c11-9-5-10(13-6-12-9)15-4-3-8(14-15)7-1-2-7/h3-7H,1-2H2. The molecule has 2 aromatic rings. The van der Waals surface area contributed by atoms with Gasteiger partial charge in [0.05, 0.1) is 5.69 Å². The Morgan fingerprint density at radius 1 is 1.33 bits per heavy atom. The van der Waals surface area contributed by atoms with Gasteiger partial charge in [0.25, 0.3) is 0 Å². The quantitative estimate of drug-likeness (QED) is 0.729. The number of aromatic nitrogens is 4. The van der Waals surface area contributed by atoms with Crippen LogP contribution in [0, 0.1) is 0 Å². The van der Waals surface area contributed by atoms with Crippen molar-refractivity contribution < 1.29 is 0 Å². The second-order valence-electron chi connectivity index (χ2n) is 3.66. The molecule has 0 aliphatic heterocycles. The highest BCUT2D eigenvalue weighted by Crippen LogP contribution is 2.38. The molecule has 3 rings (SSSR count). The van der Waals surface area contributed by atoms with E-state index in [9.17, 15) is 0 Å². The van der Waals surface area contributed by atoms with E-state index in [0.29, 0.717) is 16.9 Å². The zero-order chi connectivity index (χ0) is 10.3. The first-order valence-electron chi connectivity index (χ1n) is 4.86. The molecule has 0 unspecified atom stereocenters. The molecule has 0 atom stereocenters. The Morgan fingerprint density at radius 2 is 2.20 bits per heavy atom. The highest BCUT2D eigenvalue weighted by atomic mass is 35.5. The fourth-order valence-corrected chi connectivity index (χ4v) is 1.65. The first-order valence-corrected chi connectivity index (χ1v) is 5.24. The molecule has 76 valence electrons. The normalized spacial score (nSPS) is 15.5. The van der Waals surface area contributed by atoms with Crippen LogP contribution in [0.4, 0.5) is 0 Å². The number of halogens is 1. The molecule has 1 saturated carbocycles. The molecule has 1 aliphatic carbocycles. The van der Waals surface area contributed by atoms with E-state index in [1.807, 2.05) is 12.3 Å². The van der Waals surface area contributed by atoms with E-state index < -0.39 is 0 Å². The second-order valence-corrected chi connectivity index (χ2v) is 4.05. The molecule has 0 aromatic carbocycles. The molecule has 15 heavy (non-hydrogen) atoms. The van der Waals surface area contributed by atoms with E-state index in [-0.39, 0.29) is 0 Å². The van der Waals surface area contributed by atoms with Crippen molar-refractivity contribution in [2.75, 3.05) is 0 Å². The molecule has 2 aromatic heterocycles. The third-order valence-corrected chi connectivity index (χ3v) is 2.67. The fraction of sp³-hybridized carbons (Fsp3) is 0.300. The topological polar surface area (TPSA) is 43.6 Å². The zero-order valence-electron chi connectivity index (χ0n) is 7.97. The summed E-state index contributed by atoms with van der Waals surface area (Å²) in [5.74, 6) is 1.37. The number of hydrogen-bond donors (Lipinski definition) is 0. The summed E-state index contributed by atoms with van der Waals surface area (Å²) < 4.78 is 1.74. The van der Waals surface area contributed by atoms with Gasteiger partial charge in [-0.3, -0.25) is 0 Å². The highest BCUT2D eigenvalue weighted by Gasteiger charge is 2.25. The van der Waals surface area contributed by atoms with E-state index in [1.54, 1.807) is 10.7 Å². The number of rotatable bonds is 2. The summed E-state index contributed by atoms with van der Waals surface area (Å²) >= 11 is 5.78. The molecule has 5 heteroatoms. The van der Waals surface area contributed by atoms with Crippen molar-refractivity contribution in [1.82, 2.24) is 19.7 Å². The molecular formula is C10H9ClN4. The van der Waals surface area contributed by atoms with Crippen molar-refractivity contribution in [1.29, 1.82) is 0 Å². The third-order valence-electron chi connectivity index (χ3n) is 2.46. The van der Waals surface area contributed by atoms with Crippen molar-refractivity contribution in [3.05, 3.63) is 35.5 Å². The second kappa shape index (κ2) is 3.31. The van der Waals surface area contributed by atoms with Crippen molar-refractivity contribution in [3.63, 3.8) is 0 Å². The minimum absolute atomic E-state index is 0.434. The molecule has 0 radical (unpaired) electrons. The SMILES string of the molecule is Clc1cc(-n2ccc(C3CC3)n2)ncn1. The first kappa shape index (κ1) is 8.85. The van der Waals surface area contributed by atoms with Crippen LogP contribution in [0.25, 0.3) is 5.82 Å². The minimum Gasteiger partial charge on any atom is -0.224 e. The van der Waals surface area contributed by atoms with Crippen LogP contribution in [-0.4, -0.2) is 19.7 Å². The Hall–Kier alpha value is -1.42. The Kier molecular flexibility index (Phi) is 1.95. The minimum atomic E-state index is 0.434. The summed E-state index contributed by atoms with van der Waals surface area (Å²) in [4.78, 5) is 7.94. The van der Waals surface area contributed by atoms with Gasteiger partial charge in [0.2, 0.25) is 0 Å². The van der Waals surface area contributed by atoms with E-state index in [0.717, 1.165) is 5.69 Å². The van der Waals surface area contributed by atoms with Crippen LogP contribution in [0.1, 0.15) is 24.5 Å². The lowest BCUT2D eigenvalue weighted by atomic mass is 10.3. The van der Waals surface area contributed by atoms with Crippen molar-refractivity contribution in [2.24, 2.45) is 0 Å². The summed E-state index contributed by atoms with van der Waals surface area (Å²) in [6.07, 6.45) is 5.85. The smallest absolute Gasteiger partial charge is 0.158 e. The van der Waals surface area contributed by atoms with E-state index in [4.69, 9.17) is 11.6 Å². The number of nitrogens with zero attached hydrogens (tertiary/aromatic N) is 4. The predicted octanol–water partition coefficient (Wildman–Crippen LogP) is 2.19. The van der Waals surface area contributed by atoms with Crippen LogP contribution >= 0.6 is 11.6 Å². The third kappa shape index (κ3) is 1.72. The summed E-state index contributed by atoms with van der Waals surface area (Å²) in [6, 6.07) is 3.74. The van der Waals surface area contributed by atoms with Crippen LogP contribution in [0.2, 0.25) is 5.15 Å². The molecule has 0 amide bonds. The Bertz CT molecular complexity index is 490. The van der Waals surface area contributed by atoms with Gasteiger partial charge in [0, 0.05) is 18.2 Å². The summed E-state index contributed by atoms with van der Waals surface area (Å²) in [5.41, 5.74) is 1.14.